The molecule has 0 atom stereocenters. The highest BCUT2D eigenvalue weighted by atomic mass is 16.4. The minimum Gasteiger partial charge on any atom is -0.430 e. The van der Waals surface area contributed by atoms with Crippen LogP contribution >= 0.6 is 0 Å². The van der Waals surface area contributed by atoms with Gasteiger partial charge in [0, 0.05) is 0 Å². The Balaban J connectivity index is 0.000000354. The summed E-state index contributed by atoms with van der Waals surface area (Å²) in [5.74, 6) is 0. The van der Waals surface area contributed by atoms with Gasteiger partial charge in [-0.1, -0.05) is 12.1 Å². The molecule has 0 radical (unpaired) electrons. The summed E-state index contributed by atoms with van der Waals surface area (Å²) in [6.07, 6.45) is 0. The van der Waals surface area contributed by atoms with E-state index in [2.05, 4.69) is 6.07 Å². The van der Waals surface area contributed by atoms with Crippen LogP contribution in [0.1, 0.15) is 11.1 Å². The molecule has 0 spiro atoms. The molecule has 0 amide bonds. The van der Waals surface area contributed by atoms with Gasteiger partial charge in [-0.05, 0) is 24.6 Å². The number of aryl methyl sites for hydroxylation is 1. The zero-order valence-corrected chi connectivity index (χ0v) is 6.86. The zero-order valence-electron chi connectivity index (χ0n) is 6.86. The molecular weight excluding hydrogens is 153 g/mol. The molecule has 3 nitrogen and oxygen atoms in total. The van der Waals surface area contributed by atoms with Gasteiger partial charge in [-0.2, -0.15) is 5.26 Å². The van der Waals surface area contributed by atoms with E-state index in [-0.39, 0.29) is 0 Å². The van der Waals surface area contributed by atoms with Gasteiger partial charge < -0.3 is 10.0 Å². The molecule has 0 saturated carbocycles. The molecule has 1 rings (SSSR count). The number of hydrogen-bond acceptors (Lipinski definition) is 3. The normalized spacial score (nSPS) is 7.50. The Bertz CT molecular complexity index is 270. The summed E-state index contributed by atoms with van der Waals surface area (Å²) in [7, 11) is -0.750. The lowest BCUT2D eigenvalue weighted by Gasteiger charge is -1.88. The maximum Gasteiger partial charge on any atom is 0.432 e. The summed E-state index contributed by atoms with van der Waals surface area (Å²) in [5, 5.41) is 22.7. The molecule has 0 saturated heterocycles. The molecule has 0 aliphatic heterocycles. The Morgan fingerprint density at radius 3 is 2.33 bits per heavy atom. The van der Waals surface area contributed by atoms with Crippen molar-refractivity contribution in [1.29, 1.82) is 5.26 Å². The Labute approximate surface area is 72.2 Å². The van der Waals surface area contributed by atoms with E-state index in [1.807, 2.05) is 25.1 Å². The van der Waals surface area contributed by atoms with Gasteiger partial charge in [-0.15, -0.1) is 0 Å². The van der Waals surface area contributed by atoms with Crippen molar-refractivity contribution in [3.63, 3.8) is 0 Å². The standard InChI is InChI=1S/C8H7N.BH3O2/c1-7-3-2-4-8(5-7)6-9;2-1-3/h2-5H,1H3;1-3H. The summed E-state index contributed by atoms with van der Waals surface area (Å²) in [6.45, 7) is 1.97. The van der Waals surface area contributed by atoms with Crippen LogP contribution in [0.2, 0.25) is 0 Å². The fourth-order valence-corrected chi connectivity index (χ4v) is 0.715. The van der Waals surface area contributed by atoms with E-state index < -0.39 is 7.69 Å². The highest BCUT2D eigenvalue weighted by Crippen LogP contribution is 2.00. The average molecular weight is 163 g/mol. The molecule has 0 aliphatic carbocycles. The predicted molar refractivity (Wildman–Crippen MR) is 47.5 cm³/mol. The van der Waals surface area contributed by atoms with Crippen LogP contribution in [0.3, 0.4) is 0 Å². The number of hydrogen-bond donors (Lipinski definition) is 2. The molecule has 0 aromatic heterocycles. The molecule has 2 N–H and O–H groups in total. The predicted octanol–water partition coefficient (Wildman–Crippen LogP) is 0.104. The van der Waals surface area contributed by atoms with Crippen molar-refractivity contribution < 1.29 is 10.0 Å². The van der Waals surface area contributed by atoms with Crippen molar-refractivity contribution in [2.24, 2.45) is 0 Å². The van der Waals surface area contributed by atoms with Gasteiger partial charge in [0.05, 0.1) is 11.6 Å². The van der Waals surface area contributed by atoms with Crippen LogP contribution in [0.15, 0.2) is 24.3 Å². The molecular formula is C8H10BNO2. The molecule has 62 valence electrons. The van der Waals surface area contributed by atoms with Crippen molar-refractivity contribution in [3.05, 3.63) is 35.4 Å². The lowest BCUT2D eigenvalue weighted by atomic mass is 10.2. The second kappa shape index (κ2) is 6.41. The minimum absolute atomic E-state index is 0.731. The van der Waals surface area contributed by atoms with Gasteiger partial charge in [-0.3, -0.25) is 0 Å². The number of nitrogens with zero attached hydrogens (tertiary/aromatic N) is 1. The first kappa shape index (κ1) is 10.7. The van der Waals surface area contributed by atoms with Crippen LogP contribution in [0, 0.1) is 18.3 Å². The molecule has 1 aromatic carbocycles. The first-order chi connectivity index (χ1) is 5.74. The fourth-order valence-electron chi connectivity index (χ4n) is 0.715. The second-order valence-electron chi connectivity index (χ2n) is 2.12. The monoisotopic (exact) mass is 163 g/mol. The van der Waals surface area contributed by atoms with Crippen LogP contribution in [-0.4, -0.2) is 17.7 Å². The van der Waals surface area contributed by atoms with Gasteiger partial charge in [0.1, 0.15) is 0 Å². The van der Waals surface area contributed by atoms with Crippen molar-refractivity contribution in [2.45, 2.75) is 6.92 Å². The Kier molecular flexibility index (Phi) is 5.71. The van der Waals surface area contributed by atoms with Gasteiger partial charge in [0.25, 0.3) is 0 Å². The van der Waals surface area contributed by atoms with Crippen molar-refractivity contribution in [3.8, 4) is 6.07 Å². The molecule has 0 fully saturated rings. The van der Waals surface area contributed by atoms with Crippen LogP contribution in [0.5, 0.6) is 0 Å². The third-order valence-corrected chi connectivity index (χ3v) is 1.15. The van der Waals surface area contributed by atoms with Gasteiger partial charge in [0.15, 0.2) is 0 Å². The Morgan fingerprint density at radius 1 is 1.42 bits per heavy atom. The zero-order chi connectivity index (χ0) is 9.40. The van der Waals surface area contributed by atoms with E-state index in [0.29, 0.717) is 0 Å². The first-order valence-electron chi connectivity index (χ1n) is 3.43. The van der Waals surface area contributed by atoms with Crippen molar-refractivity contribution >= 4 is 7.69 Å². The highest BCUT2D eigenvalue weighted by molar-refractivity contribution is 6.13. The van der Waals surface area contributed by atoms with Crippen LogP contribution in [0.4, 0.5) is 0 Å². The molecule has 12 heavy (non-hydrogen) atoms. The smallest absolute Gasteiger partial charge is 0.430 e. The summed E-state index contributed by atoms with van der Waals surface area (Å²) in [6, 6.07) is 9.58. The van der Waals surface area contributed by atoms with E-state index in [0.717, 1.165) is 11.1 Å². The van der Waals surface area contributed by atoms with Gasteiger partial charge in [0.2, 0.25) is 0 Å². The summed E-state index contributed by atoms with van der Waals surface area (Å²) < 4.78 is 0. The van der Waals surface area contributed by atoms with E-state index >= 15 is 0 Å². The van der Waals surface area contributed by atoms with E-state index in [9.17, 15) is 0 Å². The third kappa shape index (κ3) is 4.50. The Morgan fingerprint density at radius 2 is 2.00 bits per heavy atom. The van der Waals surface area contributed by atoms with Crippen LogP contribution in [0.25, 0.3) is 0 Å². The van der Waals surface area contributed by atoms with Gasteiger partial charge >= 0.3 is 7.69 Å². The largest absolute Gasteiger partial charge is 0.432 e. The van der Waals surface area contributed by atoms with E-state index in [1.165, 1.54) is 0 Å². The van der Waals surface area contributed by atoms with Crippen molar-refractivity contribution in [2.75, 3.05) is 0 Å². The molecule has 1 aromatic rings. The third-order valence-electron chi connectivity index (χ3n) is 1.15. The number of nitriles is 1. The molecule has 4 heteroatoms. The topological polar surface area (TPSA) is 64.2 Å². The maximum atomic E-state index is 8.41. The lowest BCUT2D eigenvalue weighted by Crippen LogP contribution is -1.75. The van der Waals surface area contributed by atoms with Crippen LogP contribution in [-0.2, 0) is 0 Å². The molecule has 0 heterocycles. The summed E-state index contributed by atoms with van der Waals surface area (Å²) >= 11 is 0. The lowest BCUT2D eigenvalue weighted by molar-refractivity contribution is 0.448. The summed E-state index contributed by atoms with van der Waals surface area (Å²) in [5.41, 5.74) is 1.86. The highest BCUT2D eigenvalue weighted by Gasteiger charge is 1.86. The van der Waals surface area contributed by atoms with E-state index in [4.69, 9.17) is 15.3 Å². The van der Waals surface area contributed by atoms with Crippen molar-refractivity contribution in [1.82, 2.24) is 0 Å². The number of rotatable bonds is 0. The quantitative estimate of drug-likeness (QED) is 0.533. The molecule has 0 unspecified atom stereocenters. The second-order valence-corrected chi connectivity index (χ2v) is 2.12. The SMILES string of the molecule is Cc1cccc(C#N)c1.OBO. The minimum atomic E-state index is -0.750. The number of benzene rings is 1. The molecule has 0 bridgehead atoms. The Hall–Kier alpha value is -1.31. The van der Waals surface area contributed by atoms with E-state index in [1.54, 1.807) is 6.07 Å². The molecule has 0 aliphatic rings. The first-order valence-corrected chi connectivity index (χ1v) is 3.43. The van der Waals surface area contributed by atoms with Gasteiger partial charge in [-0.25, -0.2) is 0 Å². The van der Waals surface area contributed by atoms with Crippen LogP contribution < -0.4 is 0 Å². The fraction of sp³-hybridized carbons (Fsp3) is 0.125. The summed E-state index contributed by atoms with van der Waals surface area (Å²) in [4.78, 5) is 0. The maximum absolute atomic E-state index is 8.41. The average Bonchev–Trinajstić information content (AvgIpc) is 2.06.